The molecule has 6 nitrogen and oxygen atoms in total. The second-order valence-electron chi connectivity index (χ2n) is 5.60. The summed E-state index contributed by atoms with van der Waals surface area (Å²) in [7, 11) is 0. The first kappa shape index (κ1) is 20.1. The molecule has 0 aromatic heterocycles. The van der Waals surface area contributed by atoms with Crippen LogP contribution in [0.1, 0.15) is 30.1 Å². The van der Waals surface area contributed by atoms with Crippen LogP contribution in [-0.2, 0) is 14.3 Å². The van der Waals surface area contributed by atoms with Gasteiger partial charge in [0.05, 0.1) is 13.0 Å². The van der Waals surface area contributed by atoms with Crippen molar-refractivity contribution in [1.29, 1.82) is 0 Å². The van der Waals surface area contributed by atoms with E-state index in [9.17, 15) is 18.8 Å². The average Bonchev–Trinajstić information content (AvgIpc) is 2.67. The highest BCUT2D eigenvalue weighted by atomic mass is 19.1. The molecule has 0 aliphatic heterocycles. The molecule has 0 saturated heterocycles. The molecule has 2 aromatic carbocycles. The van der Waals surface area contributed by atoms with Crippen LogP contribution in [0.5, 0.6) is 5.75 Å². The van der Waals surface area contributed by atoms with Crippen LogP contribution in [0.15, 0.2) is 48.5 Å². The maximum atomic E-state index is 12.8. The number of amides is 1. The number of carbonyl (C=O) groups is 3. The van der Waals surface area contributed by atoms with Gasteiger partial charge in [-0.2, -0.15) is 0 Å². The van der Waals surface area contributed by atoms with Crippen LogP contribution in [0, 0.1) is 5.82 Å². The number of ketones is 1. The van der Waals surface area contributed by atoms with Crippen LogP contribution in [-0.4, -0.2) is 30.9 Å². The van der Waals surface area contributed by atoms with Crippen LogP contribution in [0.3, 0.4) is 0 Å². The van der Waals surface area contributed by atoms with Gasteiger partial charge in [0.15, 0.2) is 12.4 Å². The number of Topliss-reactive ketones (excluding diaryl/α,β-unsaturated/α-hetero) is 1. The van der Waals surface area contributed by atoms with Gasteiger partial charge in [0.1, 0.15) is 11.6 Å². The molecule has 0 spiro atoms. The molecule has 1 amide bonds. The van der Waals surface area contributed by atoms with Crippen molar-refractivity contribution in [2.45, 2.75) is 19.8 Å². The van der Waals surface area contributed by atoms with E-state index in [0.717, 1.165) is 0 Å². The van der Waals surface area contributed by atoms with Gasteiger partial charge in [-0.25, -0.2) is 4.39 Å². The summed E-state index contributed by atoms with van der Waals surface area (Å²) in [6.07, 6.45) is -0.239. The number of benzene rings is 2. The van der Waals surface area contributed by atoms with Crippen molar-refractivity contribution in [3.8, 4) is 5.75 Å². The van der Waals surface area contributed by atoms with E-state index in [1.807, 2.05) is 6.92 Å². The minimum atomic E-state index is -0.660. The molecule has 0 fully saturated rings. The molecule has 142 valence electrons. The number of halogens is 1. The summed E-state index contributed by atoms with van der Waals surface area (Å²) in [5, 5.41) is 2.59. The Hall–Kier alpha value is -3.22. The molecule has 0 heterocycles. The Balaban J connectivity index is 1.70. The summed E-state index contributed by atoms with van der Waals surface area (Å²) in [5.41, 5.74) is 0.864. The SMILES string of the molecule is CCOc1ccc(NC(=O)COC(=O)CCC(=O)c2ccc(F)cc2)cc1. The number of anilines is 1. The summed E-state index contributed by atoms with van der Waals surface area (Å²) in [6, 6.07) is 11.8. The zero-order valence-corrected chi connectivity index (χ0v) is 14.9. The molecule has 2 aromatic rings. The third-order valence-electron chi connectivity index (χ3n) is 3.54. The Morgan fingerprint density at radius 1 is 0.963 bits per heavy atom. The zero-order valence-electron chi connectivity index (χ0n) is 14.9. The molecule has 1 N–H and O–H groups in total. The van der Waals surface area contributed by atoms with Gasteiger partial charge in [-0.3, -0.25) is 14.4 Å². The Morgan fingerprint density at radius 3 is 2.26 bits per heavy atom. The van der Waals surface area contributed by atoms with E-state index in [4.69, 9.17) is 9.47 Å². The van der Waals surface area contributed by atoms with Crippen molar-refractivity contribution >= 4 is 23.3 Å². The Morgan fingerprint density at radius 2 is 1.63 bits per heavy atom. The largest absolute Gasteiger partial charge is 0.494 e. The fourth-order valence-electron chi connectivity index (χ4n) is 2.21. The standard InChI is InChI=1S/C20H20FNO5/c1-2-26-17-9-7-16(8-10-17)22-19(24)13-27-20(25)12-11-18(23)14-3-5-15(21)6-4-14/h3-10H,2,11-13H2,1H3,(H,22,24). The highest BCUT2D eigenvalue weighted by Gasteiger charge is 2.12. The number of nitrogens with one attached hydrogen (secondary N) is 1. The number of hydrogen-bond acceptors (Lipinski definition) is 5. The molecule has 0 bridgehead atoms. The fraction of sp³-hybridized carbons (Fsp3) is 0.250. The van der Waals surface area contributed by atoms with Crippen molar-refractivity contribution in [3.63, 3.8) is 0 Å². The lowest BCUT2D eigenvalue weighted by Crippen LogP contribution is -2.21. The normalized spacial score (nSPS) is 10.1. The summed E-state index contributed by atoms with van der Waals surface area (Å²) < 4.78 is 23.0. The average molecular weight is 373 g/mol. The molecular weight excluding hydrogens is 353 g/mol. The second-order valence-corrected chi connectivity index (χ2v) is 5.60. The molecule has 2 rings (SSSR count). The van der Waals surface area contributed by atoms with Crippen LogP contribution < -0.4 is 10.1 Å². The molecular formula is C20H20FNO5. The van der Waals surface area contributed by atoms with E-state index < -0.39 is 24.3 Å². The van der Waals surface area contributed by atoms with Gasteiger partial charge in [0, 0.05) is 17.7 Å². The minimum absolute atomic E-state index is 0.0784. The first-order valence-corrected chi connectivity index (χ1v) is 8.45. The summed E-state index contributed by atoms with van der Waals surface area (Å²) in [4.78, 5) is 35.4. The molecule has 7 heteroatoms. The zero-order chi connectivity index (χ0) is 19.6. The lowest BCUT2D eigenvalue weighted by Gasteiger charge is -2.08. The highest BCUT2D eigenvalue weighted by molar-refractivity contribution is 5.98. The first-order chi connectivity index (χ1) is 13.0. The Labute approximate surface area is 156 Å². The molecule has 0 saturated carbocycles. The second kappa shape index (κ2) is 10.1. The van der Waals surface area contributed by atoms with Gasteiger partial charge in [-0.15, -0.1) is 0 Å². The van der Waals surface area contributed by atoms with Gasteiger partial charge < -0.3 is 14.8 Å². The summed E-state index contributed by atoms with van der Waals surface area (Å²) >= 11 is 0. The maximum Gasteiger partial charge on any atom is 0.306 e. The summed E-state index contributed by atoms with van der Waals surface area (Å²) in [6.45, 7) is 1.97. The highest BCUT2D eigenvalue weighted by Crippen LogP contribution is 2.15. The van der Waals surface area contributed by atoms with E-state index in [1.165, 1.54) is 24.3 Å². The molecule has 27 heavy (non-hydrogen) atoms. The quantitative estimate of drug-likeness (QED) is 0.538. The monoisotopic (exact) mass is 373 g/mol. The maximum absolute atomic E-state index is 12.8. The molecule has 0 radical (unpaired) electrons. The molecule has 0 atom stereocenters. The third-order valence-corrected chi connectivity index (χ3v) is 3.54. The van der Waals surface area contributed by atoms with Gasteiger partial charge in [0.2, 0.25) is 0 Å². The topological polar surface area (TPSA) is 81.7 Å². The van der Waals surface area contributed by atoms with Crippen molar-refractivity contribution in [2.24, 2.45) is 0 Å². The van der Waals surface area contributed by atoms with Gasteiger partial charge in [0.25, 0.3) is 5.91 Å². The van der Waals surface area contributed by atoms with E-state index in [0.29, 0.717) is 23.6 Å². The molecule has 0 aliphatic carbocycles. The van der Waals surface area contributed by atoms with Crippen molar-refractivity contribution in [2.75, 3.05) is 18.5 Å². The van der Waals surface area contributed by atoms with Gasteiger partial charge in [-0.1, -0.05) is 0 Å². The predicted molar refractivity (Wildman–Crippen MR) is 97.2 cm³/mol. The number of rotatable bonds is 9. The first-order valence-electron chi connectivity index (χ1n) is 8.45. The van der Waals surface area contributed by atoms with E-state index >= 15 is 0 Å². The lowest BCUT2D eigenvalue weighted by molar-refractivity contribution is -0.147. The van der Waals surface area contributed by atoms with Gasteiger partial charge in [-0.05, 0) is 55.5 Å². The van der Waals surface area contributed by atoms with Crippen LogP contribution in [0.4, 0.5) is 10.1 Å². The van der Waals surface area contributed by atoms with E-state index in [-0.39, 0.29) is 18.6 Å². The van der Waals surface area contributed by atoms with Crippen LogP contribution in [0.2, 0.25) is 0 Å². The Bertz CT molecular complexity index is 787. The number of carbonyl (C=O) groups excluding carboxylic acids is 3. The number of ether oxygens (including phenoxy) is 2. The van der Waals surface area contributed by atoms with Crippen LogP contribution >= 0.6 is 0 Å². The fourth-order valence-corrected chi connectivity index (χ4v) is 2.21. The van der Waals surface area contributed by atoms with Crippen molar-refractivity contribution in [3.05, 3.63) is 59.9 Å². The van der Waals surface area contributed by atoms with Crippen molar-refractivity contribution in [1.82, 2.24) is 0 Å². The molecule has 0 unspecified atom stereocenters. The van der Waals surface area contributed by atoms with E-state index in [2.05, 4.69) is 5.32 Å². The van der Waals surface area contributed by atoms with Gasteiger partial charge >= 0.3 is 5.97 Å². The Kier molecular flexibility index (Phi) is 7.49. The number of esters is 1. The van der Waals surface area contributed by atoms with E-state index in [1.54, 1.807) is 24.3 Å². The smallest absolute Gasteiger partial charge is 0.306 e. The summed E-state index contributed by atoms with van der Waals surface area (Å²) in [5.74, 6) is -1.20. The third kappa shape index (κ3) is 6.89. The number of hydrogen-bond donors (Lipinski definition) is 1. The van der Waals surface area contributed by atoms with Crippen molar-refractivity contribution < 1.29 is 28.2 Å². The lowest BCUT2D eigenvalue weighted by atomic mass is 10.1. The predicted octanol–water partition coefficient (Wildman–Crippen LogP) is 3.37. The van der Waals surface area contributed by atoms with Crippen LogP contribution in [0.25, 0.3) is 0 Å². The molecule has 0 aliphatic rings. The minimum Gasteiger partial charge on any atom is -0.494 e.